The van der Waals surface area contributed by atoms with Crippen LogP contribution in [0, 0.1) is 6.92 Å². The summed E-state index contributed by atoms with van der Waals surface area (Å²) in [5, 5.41) is 6.36. The smallest absolute Gasteiger partial charge is 0.329 e. The molecule has 0 aliphatic carbocycles. The number of methoxy groups -OCH3 is 1. The van der Waals surface area contributed by atoms with Gasteiger partial charge >= 0.3 is 11.8 Å². The number of nitrogens with one attached hydrogen (secondary N) is 2. The number of hydrogen-bond donors (Lipinski definition) is 2. The standard InChI is InChI=1S/C24H23N3O4/c1-17-8-11-20(12-9-17)26-23(28)24(29)27-25-15-19-10-13-21(30-2)22(14-19)31-16-18-6-4-3-5-7-18/h3-15H,16H2,1-2H3,(H,26,28)(H,27,29)/b25-15-. The molecule has 0 spiro atoms. The van der Waals surface area contributed by atoms with E-state index < -0.39 is 11.8 Å². The lowest BCUT2D eigenvalue weighted by Crippen LogP contribution is -2.32. The second-order valence-electron chi connectivity index (χ2n) is 6.70. The maximum Gasteiger partial charge on any atom is 0.329 e. The number of nitrogens with zero attached hydrogens (tertiary/aromatic N) is 1. The van der Waals surface area contributed by atoms with Gasteiger partial charge in [0.1, 0.15) is 6.61 Å². The number of carbonyl (C=O) groups excluding carboxylic acids is 2. The molecule has 0 aliphatic rings. The van der Waals surface area contributed by atoms with Crippen LogP contribution in [0.1, 0.15) is 16.7 Å². The molecule has 3 aromatic carbocycles. The van der Waals surface area contributed by atoms with Crippen LogP contribution < -0.4 is 20.2 Å². The normalized spacial score (nSPS) is 10.5. The Bertz CT molecular complexity index is 1060. The van der Waals surface area contributed by atoms with Gasteiger partial charge in [-0.1, -0.05) is 48.0 Å². The number of amides is 2. The van der Waals surface area contributed by atoms with Crippen LogP contribution in [-0.2, 0) is 16.2 Å². The van der Waals surface area contributed by atoms with Gasteiger partial charge in [0, 0.05) is 5.69 Å². The Hall–Kier alpha value is -4.13. The van der Waals surface area contributed by atoms with Crippen molar-refractivity contribution < 1.29 is 19.1 Å². The van der Waals surface area contributed by atoms with E-state index in [0.717, 1.165) is 11.1 Å². The van der Waals surface area contributed by atoms with Crippen LogP contribution in [0.3, 0.4) is 0 Å². The zero-order chi connectivity index (χ0) is 22.1. The van der Waals surface area contributed by atoms with Gasteiger partial charge in [0.15, 0.2) is 11.5 Å². The summed E-state index contributed by atoms with van der Waals surface area (Å²) >= 11 is 0. The third-order valence-electron chi connectivity index (χ3n) is 4.32. The van der Waals surface area contributed by atoms with Gasteiger partial charge in [-0.25, -0.2) is 5.43 Å². The van der Waals surface area contributed by atoms with Gasteiger partial charge in [-0.15, -0.1) is 0 Å². The predicted molar refractivity (Wildman–Crippen MR) is 119 cm³/mol. The van der Waals surface area contributed by atoms with Crippen molar-refractivity contribution in [1.29, 1.82) is 0 Å². The van der Waals surface area contributed by atoms with Gasteiger partial charge in [-0.2, -0.15) is 5.10 Å². The van der Waals surface area contributed by atoms with Crippen LogP contribution in [-0.4, -0.2) is 25.1 Å². The zero-order valence-corrected chi connectivity index (χ0v) is 17.3. The monoisotopic (exact) mass is 417 g/mol. The highest BCUT2D eigenvalue weighted by Crippen LogP contribution is 2.28. The summed E-state index contributed by atoms with van der Waals surface area (Å²) in [6.45, 7) is 2.32. The molecule has 158 valence electrons. The quantitative estimate of drug-likeness (QED) is 0.349. The number of benzene rings is 3. The van der Waals surface area contributed by atoms with Crippen molar-refractivity contribution >= 4 is 23.7 Å². The number of rotatable bonds is 7. The van der Waals surface area contributed by atoms with E-state index in [1.54, 1.807) is 37.4 Å². The van der Waals surface area contributed by atoms with Crippen LogP contribution in [0.4, 0.5) is 5.69 Å². The highest BCUT2D eigenvalue weighted by Gasteiger charge is 2.12. The molecule has 0 aromatic heterocycles. The SMILES string of the molecule is COc1ccc(/C=N\NC(=O)C(=O)Nc2ccc(C)cc2)cc1OCc1ccccc1. The molecule has 2 amide bonds. The van der Waals surface area contributed by atoms with E-state index in [2.05, 4.69) is 15.8 Å². The molecule has 3 rings (SSSR count). The molecule has 0 bridgehead atoms. The highest BCUT2D eigenvalue weighted by atomic mass is 16.5. The third kappa shape index (κ3) is 6.43. The molecule has 0 saturated carbocycles. The molecule has 0 saturated heterocycles. The molecule has 0 fully saturated rings. The number of aryl methyl sites for hydroxylation is 1. The van der Waals surface area contributed by atoms with Gasteiger partial charge in [-0.05, 0) is 48.4 Å². The predicted octanol–water partition coefficient (Wildman–Crippen LogP) is 3.67. The molecule has 31 heavy (non-hydrogen) atoms. The van der Waals surface area contributed by atoms with Crippen LogP contribution in [0.15, 0.2) is 77.9 Å². The number of anilines is 1. The lowest BCUT2D eigenvalue weighted by atomic mass is 10.2. The second-order valence-corrected chi connectivity index (χ2v) is 6.70. The Morgan fingerprint density at radius 3 is 2.39 bits per heavy atom. The van der Waals surface area contributed by atoms with E-state index in [1.165, 1.54) is 6.21 Å². The first-order valence-electron chi connectivity index (χ1n) is 9.61. The Labute approximate surface area is 180 Å². The first kappa shape index (κ1) is 21.6. The molecule has 2 N–H and O–H groups in total. The van der Waals surface area contributed by atoms with E-state index in [1.807, 2.05) is 49.4 Å². The first-order chi connectivity index (χ1) is 15.0. The van der Waals surface area contributed by atoms with Crippen molar-refractivity contribution in [3.63, 3.8) is 0 Å². The minimum absolute atomic E-state index is 0.383. The van der Waals surface area contributed by atoms with Gasteiger partial charge in [0.25, 0.3) is 0 Å². The molecule has 0 unspecified atom stereocenters. The van der Waals surface area contributed by atoms with Gasteiger partial charge in [-0.3, -0.25) is 9.59 Å². The summed E-state index contributed by atoms with van der Waals surface area (Å²) in [6, 6.07) is 22.1. The molecule has 7 heteroatoms. The van der Waals surface area contributed by atoms with Crippen molar-refractivity contribution in [3.8, 4) is 11.5 Å². The largest absolute Gasteiger partial charge is 0.493 e. The Morgan fingerprint density at radius 1 is 0.935 bits per heavy atom. The average Bonchev–Trinajstić information content (AvgIpc) is 2.80. The summed E-state index contributed by atoms with van der Waals surface area (Å²) in [7, 11) is 1.56. The molecule has 0 radical (unpaired) electrons. The summed E-state index contributed by atoms with van der Waals surface area (Å²) < 4.78 is 11.2. The Morgan fingerprint density at radius 2 is 1.68 bits per heavy atom. The van der Waals surface area contributed by atoms with Gasteiger partial charge < -0.3 is 14.8 Å². The lowest BCUT2D eigenvalue weighted by molar-refractivity contribution is -0.136. The molecule has 3 aromatic rings. The molecule has 0 heterocycles. The topological polar surface area (TPSA) is 89.0 Å². The number of hydrazone groups is 1. The lowest BCUT2D eigenvalue weighted by Gasteiger charge is -2.11. The van der Waals surface area contributed by atoms with Crippen molar-refractivity contribution in [3.05, 3.63) is 89.5 Å². The fourth-order valence-corrected chi connectivity index (χ4v) is 2.66. The van der Waals surface area contributed by atoms with Gasteiger partial charge in [0.05, 0.1) is 13.3 Å². The molecular formula is C24H23N3O4. The summed E-state index contributed by atoms with van der Waals surface area (Å²) in [5.74, 6) is -0.554. The zero-order valence-electron chi connectivity index (χ0n) is 17.3. The molecule has 0 aliphatic heterocycles. The third-order valence-corrected chi connectivity index (χ3v) is 4.32. The Kier molecular flexibility index (Phi) is 7.37. The molecule has 0 atom stereocenters. The number of carbonyl (C=O) groups is 2. The van der Waals surface area contributed by atoms with E-state index in [4.69, 9.17) is 9.47 Å². The summed E-state index contributed by atoms with van der Waals surface area (Å²) in [5.41, 5.74) is 5.49. The number of ether oxygens (including phenoxy) is 2. The van der Waals surface area contributed by atoms with E-state index in [-0.39, 0.29) is 0 Å². The van der Waals surface area contributed by atoms with Crippen LogP contribution in [0.5, 0.6) is 11.5 Å². The van der Waals surface area contributed by atoms with Crippen LogP contribution >= 0.6 is 0 Å². The maximum absolute atomic E-state index is 12.0. The summed E-state index contributed by atoms with van der Waals surface area (Å²) in [4.78, 5) is 23.9. The maximum atomic E-state index is 12.0. The average molecular weight is 417 g/mol. The number of hydrogen-bond acceptors (Lipinski definition) is 5. The van der Waals surface area contributed by atoms with Crippen LogP contribution in [0.25, 0.3) is 0 Å². The van der Waals surface area contributed by atoms with Crippen molar-refractivity contribution in [2.75, 3.05) is 12.4 Å². The van der Waals surface area contributed by atoms with E-state index >= 15 is 0 Å². The van der Waals surface area contributed by atoms with E-state index in [9.17, 15) is 9.59 Å². The molecule has 7 nitrogen and oxygen atoms in total. The van der Waals surface area contributed by atoms with Crippen LogP contribution in [0.2, 0.25) is 0 Å². The fraction of sp³-hybridized carbons (Fsp3) is 0.125. The van der Waals surface area contributed by atoms with Crippen molar-refractivity contribution in [1.82, 2.24) is 5.43 Å². The highest BCUT2D eigenvalue weighted by molar-refractivity contribution is 6.39. The summed E-state index contributed by atoms with van der Waals surface area (Å²) in [6.07, 6.45) is 1.42. The minimum atomic E-state index is -0.870. The van der Waals surface area contributed by atoms with E-state index in [0.29, 0.717) is 29.4 Å². The fourth-order valence-electron chi connectivity index (χ4n) is 2.66. The second kappa shape index (κ2) is 10.6. The molecular weight excluding hydrogens is 394 g/mol. The first-order valence-corrected chi connectivity index (χ1v) is 9.61. The van der Waals surface area contributed by atoms with Crippen molar-refractivity contribution in [2.45, 2.75) is 13.5 Å². The van der Waals surface area contributed by atoms with Gasteiger partial charge in [0.2, 0.25) is 0 Å². The Balaban J connectivity index is 1.58. The van der Waals surface area contributed by atoms with Crippen molar-refractivity contribution in [2.24, 2.45) is 5.10 Å². The minimum Gasteiger partial charge on any atom is -0.493 e.